The summed E-state index contributed by atoms with van der Waals surface area (Å²) in [7, 11) is 0. The van der Waals surface area contributed by atoms with Crippen LogP contribution in [0.15, 0.2) is 51.1 Å². The first-order valence-electron chi connectivity index (χ1n) is 6.18. The first kappa shape index (κ1) is 14.2. The van der Waals surface area contributed by atoms with Crippen molar-refractivity contribution in [2.45, 2.75) is 24.1 Å². The molecule has 3 aromatic rings. The van der Waals surface area contributed by atoms with Crippen LogP contribution in [0.2, 0.25) is 0 Å². The van der Waals surface area contributed by atoms with Crippen molar-refractivity contribution in [2.75, 3.05) is 0 Å². The van der Waals surface area contributed by atoms with Crippen molar-refractivity contribution in [2.24, 2.45) is 0 Å². The Balaban J connectivity index is 0.000000704. The smallest absolute Gasteiger partial charge is 0.371 e. The largest absolute Gasteiger partial charge is 0.475 e. The number of benzene rings is 1. The summed E-state index contributed by atoms with van der Waals surface area (Å²) >= 11 is 1.25. The zero-order valence-corrected chi connectivity index (χ0v) is 11.9. The summed E-state index contributed by atoms with van der Waals surface area (Å²) in [5, 5.41) is 9.91. The molecule has 0 radical (unpaired) electrons. The summed E-state index contributed by atoms with van der Waals surface area (Å²) in [6.45, 7) is 4.00. The van der Waals surface area contributed by atoms with Gasteiger partial charge < -0.3 is 14.5 Å². The number of aromatic amines is 1. The number of carboxylic acid groups (broad SMARTS) is 1. The fraction of sp³-hybridized carbons (Fsp3) is 0.143. The van der Waals surface area contributed by atoms with Crippen LogP contribution in [-0.2, 0) is 0 Å². The molecule has 0 bridgehead atoms. The molecule has 2 heterocycles. The van der Waals surface area contributed by atoms with Gasteiger partial charge in [0.05, 0.1) is 11.0 Å². The molecular weight excluding hydrogens is 276 g/mol. The molecule has 0 saturated heterocycles. The van der Waals surface area contributed by atoms with Crippen LogP contribution < -0.4 is 0 Å². The normalized spacial score (nSPS) is 10.1. The van der Waals surface area contributed by atoms with Crippen molar-refractivity contribution < 1.29 is 14.3 Å². The van der Waals surface area contributed by atoms with Crippen LogP contribution in [-0.4, -0.2) is 21.0 Å². The third-order valence-corrected chi connectivity index (χ3v) is 3.16. The number of nitrogens with one attached hydrogen (secondary N) is 1. The minimum absolute atomic E-state index is 0.0754. The number of H-pyrrole nitrogens is 1. The van der Waals surface area contributed by atoms with E-state index < -0.39 is 5.97 Å². The van der Waals surface area contributed by atoms with E-state index in [1.165, 1.54) is 17.8 Å². The first-order valence-corrected chi connectivity index (χ1v) is 7.00. The quantitative estimate of drug-likeness (QED) is 0.761. The fourth-order valence-electron chi connectivity index (χ4n) is 1.56. The summed E-state index contributed by atoms with van der Waals surface area (Å²) in [5.74, 6) is -1.15. The molecule has 0 spiro atoms. The van der Waals surface area contributed by atoms with Crippen LogP contribution in [0.1, 0.15) is 24.4 Å². The lowest BCUT2D eigenvalue weighted by molar-refractivity contribution is 0.0656. The summed E-state index contributed by atoms with van der Waals surface area (Å²) in [5.41, 5.74) is 1.80. The van der Waals surface area contributed by atoms with Crippen molar-refractivity contribution in [3.63, 3.8) is 0 Å². The van der Waals surface area contributed by atoms with Crippen LogP contribution in [0.5, 0.6) is 0 Å². The van der Waals surface area contributed by atoms with Gasteiger partial charge in [-0.3, -0.25) is 0 Å². The van der Waals surface area contributed by atoms with Crippen molar-refractivity contribution in [3.05, 3.63) is 42.2 Å². The SMILES string of the molecule is CC.O=C(O)c1ccc(Sc2nc3ccccc3[nH]2)o1. The number of hydrogen-bond acceptors (Lipinski definition) is 4. The Morgan fingerprint density at radius 3 is 2.65 bits per heavy atom. The summed E-state index contributed by atoms with van der Waals surface area (Å²) in [6.07, 6.45) is 0. The molecule has 2 N–H and O–H groups in total. The third kappa shape index (κ3) is 3.03. The molecule has 5 nitrogen and oxygen atoms in total. The zero-order chi connectivity index (χ0) is 14.5. The third-order valence-electron chi connectivity index (χ3n) is 2.36. The number of carbonyl (C=O) groups is 1. The second-order valence-electron chi connectivity index (χ2n) is 3.59. The maximum Gasteiger partial charge on any atom is 0.371 e. The molecule has 6 heteroatoms. The first-order chi connectivity index (χ1) is 9.72. The predicted octanol–water partition coefficient (Wildman–Crippen LogP) is 4.03. The number of carboxylic acids is 1. The summed E-state index contributed by atoms with van der Waals surface area (Å²) in [6, 6.07) is 10.7. The van der Waals surface area contributed by atoms with Gasteiger partial charge in [-0.2, -0.15) is 0 Å². The second kappa shape index (κ2) is 6.29. The minimum Gasteiger partial charge on any atom is -0.475 e. The topological polar surface area (TPSA) is 79.1 Å². The lowest BCUT2D eigenvalue weighted by Crippen LogP contribution is -1.91. The Hall–Kier alpha value is -2.21. The van der Waals surface area contributed by atoms with Gasteiger partial charge in [0, 0.05) is 0 Å². The van der Waals surface area contributed by atoms with Gasteiger partial charge >= 0.3 is 5.97 Å². The lowest BCUT2D eigenvalue weighted by Gasteiger charge is -1.91. The highest BCUT2D eigenvalue weighted by Crippen LogP contribution is 2.28. The fourth-order valence-corrected chi connectivity index (χ4v) is 2.33. The van der Waals surface area contributed by atoms with E-state index in [0.717, 1.165) is 11.0 Å². The average Bonchev–Trinajstić information content (AvgIpc) is 3.07. The summed E-state index contributed by atoms with van der Waals surface area (Å²) in [4.78, 5) is 18.2. The van der Waals surface area contributed by atoms with Gasteiger partial charge in [0.25, 0.3) is 0 Å². The Kier molecular flexibility index (Phi) is 4.47. The van der Waals surface area contributed by atoms with Gasteiger partial charge in [-0.05, 0) is 36.0 Å². The maximum atomic E-state index is 10.7. The number of fused-ring (bicyclic) bond motifs is 1. The molecule has 3 rings (SSSR count). The molecule has 0 fully saturated rings. The van der Waals surface area contributed by atoms with E-state index in [1.807, 2.05) is 38.1 Å². The van der Waals surface area contributed by atoms with Crippen LogP contribution in [0, 0.1) is 0 Å². The molecule has 104 valence electrons. The number of nitrogens with zero attached hydrogens (tertiary/aromatic N) is 1. The molecule has 0 amide bonds. The number of rotatable bonds is 3. The van der Waals surface area contributed by atoms with Crippen LogP contribution in [0.4, 0.5) is 0 Å². The van der Waals surface area contributed by atoms with Crippen LogP contribution in [0.3, 0.4) is 0 Å². The Morgan fingerprint density at radius 2 is 2.00 bits per heavy atom. The Morgan fingerprint density at radius 1 is 1.25 bits per heavy atom. The molecule has 0 aliphatic heterocycles. The van der Waals surface area contributed by atoms with E-state index in [-0.39, 0.29) is 5.76 Å². The van der Waals surface area contributed by atoms with Gasteiger partial charge in [-0.25, -0.2) is 9.78 Å². The molecule has 1 aromatic carbocycles. The maximum absolute atomic E-state index is 10.7. The molecule has 0 aliphatic carbocycles. The highest BCUT2D eigenvalue weighted by atomic mass is 32.2. The molecule has 0 aliphatic rings. The molecule has 2 aromatic heterocycles. The van der Waals surface area contributed by atoms with Crippen molar-refractivity contribution in [1.82, 2.24) is 9.97 Å². The molecular formula is C14H14N2O3S. The number of furan rings is 1. The van der Waals surface area contributed by atoms with Gasteiger partial charge in [0.15, 0.2) is 10.2 Å². The zero-order valence-electron chi connectivity index (χ0n) is 11.1. The summed E-state index contributed by atoms with van der Waals surface area (Å²) < 4.78 is 5.15. The van der Waals surface area contributed by atoms with E-state index >= 15 is 0 Å². The monoisotopic (exact) mass is 290 g/mol. The second-order valence-corrected chi connectivity index (χ2v) is 4.58. The van der Waals surface area contributed by atoms with Gasteiger partial charge in [-0.15, -0.1) is 0 Å². The predicted molar refractivity (Wildman–Crippen MR) is 77.2 cm³/mol. The highest BCUT2D eigenvalue weighted by Gasteiger charge is 2.11. The van der Waals surface area contributed by atoms with Crippen molar-refractivity contribution in [3.8, 4) is 0 Å². The van der Waals surface area contributed by atoms with Gasteiger partial charge in [0.2, 0.25) is 5.76 Å². The molecule has 0 unspecified atom stereocenters. The van der Waals surface area contributed by atoms with Crippen LogP contribution >= 0.6 is 11.8 Å². The number of aromatic nitrogens is 2. The standard InChI is InChI=1S/C12H8N2O3S.C2H6/c15-11(16)9-5-6-10(17-9)18-12-13-7-3-1-2-4-8(7)14-12;1-2/h1-6H,(H,13,14)(H,15,16);1-2H3. The highest BCUT2D eigenvalue weighted by molar-refractivity contribution is 7.99. The van der Waals surface area contributed by atoms with E-state index in [4.69, 9.17) is 9.52 Å². The lowest BCUT2D eigenvalue weighted by atomic mass is 10.3. The van der Waals surface area contributed by atoms with Crippen molar-refractivity contribution >= 4 is 28.8 Å². The van der Waals surface area contributed by atoms with Gasteiger partial charge in [0.1, 0.15) is 0 Å². The van der Waals surface area contributed by atoms with Gasteiger partial charge in [-0.1, -0.05) is 26.0 Å². The number of imidazole rings is 1. The van der Waals surface area contributed by atoms with E-state index in [9.17, 15) is 4.79 Å². The van der Waals surface area contributed by atoms with E-state index in [0.29, 0.717) is 10.2 Å². The van der Waals surface area contributed by atoms with Crippen molar-refractivity contribution in [1.29, 1.82) is 0 Å². The van der Waals surface area contributed by atoms with E-state index in [1.54, 1.807) is 6.07 Å². The average molecular weight is 290 g/mol. The van der Waals surface area contributed by atoms with Crippen LogP contribution in [0.25, 0.3) is 11.0 Å². The molecule has 0 saturated carbocycles. The number of para-hydroxylation sites is 2. The van der Waals surface area contributed by atoms with E-state index in [2.05, 4.69) is 9.97 Å². The molecule has 0 atom stereocenters. The number of aromatic carboxylic acids is 1. The molecule has 20 heavy (non-hydrogen) atoms. The minimum atomic E-state index is -1.08. The number of hydrogen-bond donors (Lipinski definition) is 2. The Bertz CT molecular complexity index is 685. The Labute approximate surface area is 120 Å².